The molecule has 0 aliphatic carbocycles. The van der Waals surface area contributed by atoms with E-state index in [1.807, 2.05) is 12.3 Å². The molecule has 1 aromatic heterocycles. The van der Waals surface area contributed by atoms with Gasteiger partial charge in [0.05, 0.1) is 16.6 Å². The van der Waals surface area contributed by atoms with E-state index in [2.05, 4.69) is 4.98 Å². The maximum atomic E-state index is 13.2. The third-order valence-electron chi connectivity index (χ3n) is 2.26. The van der Waals surface area contributed by atoms with Gasteiger partial charge >= 0.3 is 0 Å². The van der Waals surface area contributed by atoms with Gasteiger partial charge in [-0.05, 0) is 19.1 Å². The zero-order valence-electron chi connectivity index (χ0n) is 9.49. The molecule has 0 N–H and O–H groups in total. The lowest BCUT2D eigenvalue weighted by Gasteiger charge is -2.12. The van der Waals surface area contributed by atoms with Gasteiger partial charge in [0, 0.05) is 11.4 Å². The van der Waals surface area contributed by atoms with Crippen molar-refractivity contribution in [2.24, 2.45) is 0 Å². The number of ether oxygens (including phenoxy) is 1. The van der Waals surface area contributed by atoms with Crippen molar-refractivity contribution >= 4 is 34.5 Å². The number of alkyl halides is 1. The summed E-state index contributed by atoms with van der Waals surface area (Å²) >= 11 is 12.8. The largest absolute Gasteiger partial charge is 0.483 e. The van der Waals surface area contributed by atoms with Crippen molar-refractivity contribution in [2.75, 3.05) is 0 Å². The van der Waals surface area contributed by atoms with Crippen molar-refractivity contribution in [1.29, 1.82) is 0 Å². The molecule has 0 fully saturated rings. The quantitative estimate of drug-likeness (QED) is 0.756. The highest BCUT2D eigenvalue weighted by Crippen LogP contribution is 2.27. The molecule has 18 heavy (non-hydrogen) atoms. The Bertz CT molecular complexity index is 547. The molecule has 2 aromatic rings. The minimum absolute atomic E-state index is 0.0775. The normalized spacial score (nSPS) is 12.4. The van der Waals surface area contributed by atoms with Crippen molar-refractivity contribution in [3.05, 3.63) is 45.1 Å². The second-order valence-electron chi connectivity index (χ2n) is 3.65. The van der Waals surface area contributed by atoms with Gasteiger partial charge in [-0.2, -0.15) is 0 Å². The number of aromatic nitrogens is 1. The Morgan fingerprint density at radius 1 is 1.50 bits per heavy atom. The summed E-state index contributed by atoms with van der Waals surface area (Å²) in [7, 11) is 0. The zero-order valence-corrected chi connectivity index (χ0v) is 11.8. The number of halogens is 3. The molecule has 1 atom stereocenters. The van der Waals surface area contributed by atoms with E-state index in [4.69, 9.17) is 27.9 Å². The Labute approximate surface area is 118 Å². The summed E-state index contributed by atoms with van der Waals surface area (Å²) in [5.41, 5.74) is 0.814. The average Bonchev–Trinajstić information content (AvgIpc) is 2.82. The molecule has 96 valence electrons. The van der Waals surface area contributed by atoms with Crippen molar-refractivity contribution in [3.8, 4) is 5.75 Å². The molecular formula is C12H10Cl2FNOS. The molecule has 0 aliphatic rings. The van der Waals surface area contributed by atoms with Gasteiger partial charge in [0.15, 0.2) is 0 Å². The fourth-order valence-corrected chi connectivity index (χ4v) is 2.52. The fourth-order valence-electron chi connectivity index (χ4n) is 1.38. The number of rotatable bonds is 4. The first kappa shape index (κ1) is 13.6. The van der Waals surface area contributed by atoms with E-state index in [-0.39, 0.29) is 11.1 Å². The van der Waals surface area contributed by atoms with Crippen molar-refractivity contribution in [2.45, 2.75) is 18.9 Å². The van der Waals surface area contributed by atoms with Crippen LogP contribution in [0.25, 0.3) is 0 Å². The fraction of sp³-hybridized carbons (Fsp3) is 0.250. The van der Waals surface area contributed by atoms with Crippen LogP contribution in [-0.4, -0.2) is 4.98 Å². The molecule has 1 heterocycles. The van der Waals surface area contributed by atoms with E-state index < -0.39 is 5.82 Å². The third kappa shape index (κ3) is 3.13. The average molecular weight is 306 g/mol. The highest BCUT2D eigenvalue weighted by Gasteiger charge is 2.13. The Kier molecular flexibility index (Phi) is 4.43. The van der Waals surface area contributed by atoms with Gasteiger partial charge in [-0.25, -0.2) is 9.37 Å². The highest BCUT2D eigenvalue weighted by atomic mass is 35.5. The molecule has 0 saturated carbocycles. The standard InChI is InChI=1S/C12H10Cl2FNOS/c1-7(12-16-8(5-13)6-18-12)17-9-2-3-10(14)11(15)4-9/h2-4,6-7H,5H2,1H3. The first-order chi connectivity index (χ1) is 8.60. The summed E-state index contributed by atoms with van der Waals surface area (Å²) in [6.07, 6.45) is -0.257. The van der Waals surface area contributed by atoms with E-state index in [1.165, 1.54) is 23.5 Å². The maximum Gasteiger partial charge on any atom is 0.147 e. The van der Waals surface area contributed by atoms with Crippen LogP contribution in [0.4, 0.5) is 4.39 Å². The summed E-state index contributed by atoms with van der Waals surface area (Å²) in [5.74, 6) is 0.299. The van der Waals surface area contributed by atoms with Crippen LogP contribution in [0.2, 0.25) is 5.02 Å². The molecule has 0 radical (unpaired) electrons. The number of nitrogens with zero attached hydrogens (tertiary/aromatic N) is 1. The van der Waals surface area contributed by atoms with Crippen LogP contribution < -0.4 is 4.74 Å². The van der Waals surface area contributed by atoms with Gasteiger partial charge in [-0.1, -0.05) is 11.6 Å². The lowest BCUT2D eigenvalue weighted by atomic mass is 10.3. The van der Waals surface area contributed by atoms with Gasteiger partial charge in [0.2, 0.25) is 0 Å². The van der Waals surface area contributed by atoms with Gasteiger partial charge in [0.1, 0.15) is 22.7 Å². The van der Waals surface area contributed by atoms with Crippen LogP contribution in [0.15, 0.2) is 23.6 Å². The number of hydrogen-bond donors (Lipinski definition) is 0. The van der Waals surface area contributed by atoms with Crippen LogP contribution in [-0.2, 0) is 5.88 Å². The third-order valence-corrected chi connectivity index (χ3v) is 3.89. The summed E-state index contributed by atoms with van der Waals surface area (Å²) in [4.78, 5) is 4.31. The number of benzene rings is 1. The van der Waals surface area contributed by atoms with Gasteiger partial charge in [-0.15, -0.1) is 22.9 Å². The van der Waals surface area contributed by atoms with Crippen LogP contribution in [0.3, 0.4) is 0 Å². The molecule has 0 amide bonds. The Morgan fingerprint density at radius 2 is 2.28 bits per heavy atom. The van der Waals surface area contributed by atoms with Crippen LogP contribution in [0.1, 0.15) is 23.7 Å². The molecule has 6 heteroatoms. The molecule has 0 saturated heterocycles. The molecule has 1 aromatic carbocycles. The summed E-state index contributed by atoms with van der Waals surface area (Å²) in [6.45, 7) is 1.85. The highest BCUT2D eigenvalue weighted by molar-refractivity contribution is 7.09. The lowest BCUT2D eigenvalue weighted by Crippen LogP contribution is -2.03. The molecule has 2 rings (SSSR count). The summed E-state index contributed by atoms with van der Waals surface area (Å²) in [5, 5.41) is 2.76. The van der Waals surface area contributed by atoms with E-state index >= 15 is 0 Å². The molecule has 0 spiro atoms. The maximum absolute atomic E-state index is 13.2. The molecule has 0 aliphatic heterocycles. The van der Waals surface area contributed by atoms with Crippen molar-refractivity contribution < 1.29 is 9.13 Å². The van der Waals surface area contributed by atoms with E-state index in [0.29, 0.717) is 11.6 Å². The zero-order chi connectivity index (χ0) is 13.1. The Balaban J connectivity index is 2.10. The van der Waals surface area contributed by atoms with E-state index in [1.54, 1.807) is 6.07 Å². The molecule has 2 nitrogen and oxygen atoms in total. The predicted octanol–water partition coefficient (Wildman–Crippen LogP) is 4.81. The van der Waals surface area contributed by atoms with E-state index in [9.17, 15) is 4.39 Å². The predicted molar refractivity (Wildman–Crippen MR) is 72.1 cm³/mol. The molecular weight excluding hydrogens is 296 g/mol. The Hall–Kier alpha value is -0.840. The van der Waals surface area contributed by atoms with Gasteiger partial charge in [-0.3, -0.25) is 0 Å². The number of thiazole rings is 1. The van der Waals surface area contributed by atoms with Gasteiger partial charge in [0.25, 0.3) is 0 Å². The SMILES string of the molecule is CC(Oc1ccc(Cl)c(F)c1)c1nc(CCl)cs1. The second kappa shape index (κ2) is 5.87. The van der Waals surface area contributed by atoms with Crippen molar-refractivity contribution in [3.63, 3.8) is 0 Å². The second-order valence-corrected chi connectivity index (χ2v) is 5.21. The minimum atomic E-state index is -0.498. The smallest absolute Gasteiger partial charge is 0.147 e. The Morgan fingerprint density at radius 3 is 2.89 bits per heavy atom. The van der Waals surface area contributed by atoms with Crippen LogP contribution in [0, 0.1) is 5.82 Å². The summed E-state index contributed by atoms with van der Waals surface area (Å²) in [6, 6.07) is 4.35. The molecule has 0 bridgehead atoms. The first-order valence-corrected chi connectivity index (χ1v) is 7.01. The summed E-state index contributed by atoms with van der Waals surface area (Å²) < 4.78 is 18.8. The monoisotopic (exact) mass is 305 g/mol. The van der Waals surface area contributed by atoms with Crippen LogP contribution in [0.5, 0.6) is 5.75 Å². The first-order valence-electron chi connectivity index (χ1n) is 5.22. The van der Waals surface area contributed by atoms with Crippen LogP contribution >= 0.6 is 34.5 Å². The number of hydrogen-bond acceptors (Lipinski definition) is 3. The van der Waals surface area contributed by atoms with Crippen molar-refractivity contribution in [1.82, 2.24) is 4.98 Å². The minimum Gasteiger partial charge on any atom is -0.483 e. The lowest BCUT2D eigenvalue weighted by molar-refractivity contribution is 0.225. The molecule has 1 unspecified atom stereocenters. The topological polar surface area (TPSA) is 22.1 Å². The van der Waals surface area contributed by atoms with E-state index in [0.717, 1.165) is 10.7 Å². The van der Waals surface area contributed by atoms with Gasteiger partial charge < -0.3 is 4.74 Å².